The van der Waals surface area contributed by atoms with Gasteiger partial charge in [-0.3, -0.25) is 14.9 Å². The number of azo groups is 2. The maximum Gasteiger partial charge on any atom is 0.332 e. The van der Waals surface area contributed by atoms with Crippen LogP contribution in [0.3, 0.4) is 0 Å². The van der Waals surface area contributed by atoms with Crippen LogP contribution < -0.4 is 19.7 Å². The molecule has 3 rings (SSSR count). The van der Waals surface area contributed by atoms with Gasteiger partial charge in [0.05, 0.1) is 37.1 Å². The van der Waals surface area contributed by atoms with Gasteiger partial charge in [-0.1, -0.05) is 6.42 Å². The van der Waals surface area contributed by atoms with E-state index in [2.05, 4.69) is 42.3 Å². The molecule has 0 fully saturated rings. The Morgan fingerprint density at radius 2 is 1.40 bits per heavy atom. The number of carbonyl (C=O) groups is 3. The Kier molecular flexibility index (Phi) is 17.8. The van der Waals surface area contributed by atoms with E-state index in [0.29, 0.717) is 66.6 Å². The Morgan fingerprint density at radius 3 is 1.94 bits per heavy atom. The molecule has 1 amide bonds. The SMILES string of the molecule is CCN(CCCC(=O)NCCCCCCOC(=O)COCC(=O)O)c1ccc(N=Nc2cc(OC)c(N=Nc3ccc([N+](=O)[O-])cc3)cc2OC)cc1. The Balaban J connectivity index is 1.41. The normalized spacial score (nSPS) is 11.1. The number of benzene rings is 3. The third kappa shape index (κ3) is 15.0. The lowest BCUT2D eigenvalue weighted by atomic mass is 10.2. The Morgan fingerprint density at radius 1 is 0.811 bits per heavy atom. The molecule has 0 aliphatic rings. The number of ether oxygens (including phenoxy) is 4. The Bertz CT molecular complexity index is 1700. The maximum absolute atomic E-state index is 12.3. The van der Waals surface area contributed by atoms with Crippen molar-refractivity contribution in [3.8, 4) is 11.5 Å². The average Bonchev–Trinajstić information content (AvgIpc) is 3.16. The van der Waals surface area contributed by atoms with Gasteiger partial charge in [-0.15, -0.1) is 10.2 Å². The van der Waals surface area contributed by atoms with Crippen molar-refractivity contribution in [1.82, 2.24) is 5.32 Å². The van der Waals surface area contributed by atoms with Crippen LogP contribution in [0.15, 0.2) is 81.1 Å². The first-order chi connectivity index (χ1) is 25.6. The highest BCUT2D eigenvalue weighted by molar-refractivity contribution is 5.76. The van der Waals surface area contributed by atoms with Crippen LogP contribution in [0.5, 0.6) is 11.5 Å². The molecular weight excluding hydrogens is 690 g/mol. The Hall–Kier alpha value is -5.97. The molecule has 0 unspecified atom stereocenters. The minimum atomic E-state index is -1.14. The second kappa shape index (κ2) is 22.8. The third-order valence-corrected chi connectivity index (χ3v) is 7.62. The summed E-state index contributed by atoms with van der Waals surface area (Å²) < 4.78 is 20.6. The number of carboxylic acids is 1. The van der Waals surface area contributed by atoms with E-state index >= 15 is 0 Å². The summed E-state index contributed by atoms with van der Waals surface area (Å²) in [5.74, 6) is -0.960. The van der Waals surface area contributed by atoms with Crippen LogP contribution >= 0.6 is 0 Å². The number of non-ortho nitro benzene ring substituents is 1. The molecule has 0 spiro atoms. The smallest absolute Gasteiger partial charge is 0.332 e. The van der Waals surface area contributed by atoms with Gasteiger partial charge in [0, 0.05) is 56.0 Å². The number of esters is 1. The van der Waals surface area contributed by atoms with E-state index in [1.165, 1.54) is 38.5 Å². The molecule has 17 heteroatoms. The van der Waals surface area contributed by atoms with Crippen LogP contribution in [-0.4, -0.2) is 81.6 Å². The van der Waals surface area contributed by atoms with Crippen molar-refractivity contribution in [3.05, 3.63) is 70.8 Å². The van der Waals surface area contributed by atoms with E-state index in [0.717, 1.165) is 31.5 Å². The molecule has 3 aromatic rings. The first-order valence-corrected chi connectivity index (χ1v) is 17.0. The van der Waals surface area contributed by atoms with Gasteiger partial charge in [0.2, 0.25) is 5.91 Å². The fourth-order valence-electron chi connectivity index (χ4n) is 4.86. The van der Waals surface area contributed by atoms with Crippen molar-refractivity contribution in [2.45, 2.75) is 45.4 Å². The number of unbranched alkanes of at least 4 members (excludes halogenated alkanes) is 3. The second-order valence-electron chi connectivity index (χ2n) is 11.4. The molecule has 0 aliphatic carbocycles. The fourth-order valence-corrected chi connectivity index (χ4v) is 4.86. The summed E-state index contributed by atoms with van der Waals surface area (Å²) in [7, 11) is 2.99. The van der Waals surface area contributed by atoms with Crippen LogP contribution in [0.1, 0.15) is 45.4 Å². The molecule has 0 aliphatic heterocycles. The van der Waals surface area contributed by atoms with Crippen molar-refractivity contribution in [3.63, 3.8) is 0 Å². The summed E-state index contributed by atoms with van der Waals surface area (Å²) in [4.78, 5) is 46.7. The average molecular weight is 736 g/mol. The monoisotopic (exact) mass is 735 g/mol. The molecule has 0 radical (unpaired) electrons. The van der Waals surface area contributed by atoms with Crippen LogP contribution in [0.2, 0.25) is 0 Å². The molecule has 2 N–H and O–H groups in total. The molecule has 0 saturated heterocycles. The highest BCUT2D eigenvalue weighted by Crippen LogP contribution is 2.41. The van der Waals surface area contributed by atoms with E-state index in [1.807, 2.05) is 24.3 Å². The zero-order valence-electron chi connectivity index (χ0n) is 30.1. The number of methoxy groups -OCH3 is 2. The summed E-state index contributed by atoms with van der Waals surface area (Å²) in [5, 5.41) is 39.4. The zero-order chi connectivity index (χ0) is 38.4. The molecule has 0 bridgehead atoms. The van der Waals surface area contributed by atoms with E-state index in [1.54, 1.807) is 12.1 Å². The number of nitrogens with zero attached hydrogens (tertiary/aromatic N) is 6. The van der Waals surface area contributed by atoms with Gasteiger partial charge in [0.15, 0.2) is 0 Å². The van der Waals surface area contributed by atoms with Crippen molar-refractivity contribution in [1.29, 1.82) is 0 Å². The van der Waals surface area contributed by atoms with Crippen LogP contribution in [0, 0.1) is 10.1 Å². The number of rotatable bonds is 24. The van der Waals surface area contributed by atoms with Crippen LogP contribution in [-0.2, 0) is 23.9 Å². The molecule has 0 aromatic heterocycles. The lowest BCUT2D eigenvalue weighted by molar-refractivity contribution is -0.384. The number of hydrogen-bond donors (Lipinski definition) is 2. The topological polar surface area (TPSA) is 216 Å². The van der Waals surface area contributed by atoms with Gasteiger partial charge in [0.25, 0.3) is 5.69 Å². The van der Waals surface area contributed by atoms with Gasteiger partial charge in [-0.25, -0.2) is 9.59 Å². The quantitative estimate of drug-likeness (QED) is 0.0304. The molecule has 3 aromatic carbocycles. The third-order valence-electron chi connectivity index (χ3n) is 7.62. The van der Waals surface area contributed by atoms with E-state index in [9.17, 15) is 24.5 Å². The molecular formula is C36H45N7O10. The predicted molar refractivity (Wildman–Crippen MR) is 195 cm³/mol. The number of amides is 1. The van der Waals surface area contributed by atoms with Gasteiger partial charge in [-0.05, 0) is 69.0 Å². The molecule has 0 saturated carbocycles. The van der Waals surface area contributed by atoms with Gasteiger partial charge >= 0.3 is 11.9 Å². The van der Waals surface area contributed by atoms with Crippen molar-refractivity contribution in [2.75, 3.05) is 58.6 Å². The number of anilines is 1. The number of carbonyl (C=O) groups excluding carboxylic acids is 2. The largest absolute Gasteiger partial charge is 0.494 e. The minimum absolute atomic E-state index is 0.000230. The van der Waals surface area contributed by atoms with E-state index < -0.39 is 23.5 Å². The van der Waals surface area contributed by atoms with Gasteiger partial charge in [0.1, 0.15) is 36.1 Å². The van der Waals surface area contributed by atoms with E-state index in [-0.39, 0.29) is 24.8 Å². The predicted octanol–water partition coefficient (Wildman–Crippen LogP) is 7.37. The summed E-state index contributed by atoms with van der Waals surface area (Å²) in [5.41, 5.74) is 2.79. The molecule has 0 atom stereocenters. The number of nitro groups is 1. The number of carboxylic acid groups (broad SMARTS) is 1. The Labute approximate surface area is 307 Å². The molecule has 0 heterocycles. The van der Waals surface area contributed by atoms with Crippen LogP contribution in [0.4, 0.5) is 34.1 Å². The zero-order valence-corrected chi connectivity index (χ0v) is 30.1. The van der Waals surface area contributed by atoms with Crippen molar-refractivity contribution >= 4 is 52.0 Å². The first kappa shape index (κ1) is 41.5. The lowest BCUT2D eigenvalue weighted by Crippen LogP contribution is -2.28. The number of nitro benzene ring substituents is 1. The number of nitrogens with one attached hydrogen (secondary N) is 1. The minimum Gasteiger partial charge on any atom is -0.494 e. The summed E-state index contributed by atoms with van der Waals surface area (Å²) >= 11 is 0. The first-order valence-electron chi connectivity index (χ1n) is 17.0. The molecule has 53 heavy (non-hydrogen) atoms. The molecule has 17 nitrogen and oxygen atoms in total. The lowest BCUT2D eigenvalue weighted by Gasteiger charge is -2.23. The molecule has 284 valence electrons. The van der Waals surface area contributed by atoms with Crippen molar-refractivity contribution in [2.24, 2.45) is 20.5 Å². The van der Waals surface area contributed by atoms with E-state index in [4.69, 9.17) is 19.3 Å². The highest BCUT2D eigenvalue weighted by Gasteiger charge is 2.13. The van der Waals surface area contributed by atoms with Gasteiger partial charge in [-0.2, -0.15) is 10.2 Å². The van der Waals surface area contributed by atoms with Crippen molar-refractivity contribution < 1.29 is 43.4 Å². The summed E-state index contributed by atoms with van der Waals surface area (Å²) in [6.07, 6.45) is 4.30. The summed E-state index contributed by atoms with van der Waals surface area (Å²) in [6, 6.07) is 16.5. The maximum atomic E-state index is 12.3. The summed E-state index contributed by atoms with van der Waals surface area (Å²) in [6.45, 7) is 3.42. The van der Waals surface area contributed by atoms with Crippen LogP contribution in [0.25, 0.3) is 0 Å². The fraction of sp³-hybridized carbons (Fsp3) is 0.417. The highest BCUT2D eigenvalue weighted by atomic mass is 16.6. The number of hydrogen-bond acceptors (Lipinski definition) is 14. The number of aliphatic carboxylic acids is 1. The van der Waals surface area contributed by atoms with Gasteiger partial charge < -0.3 is 34.3 Å². The standard InChI is InChI=1S/C36H45N7O10/c1-4-42(20-9-10-34(44)37-19-7-5-6-8-21-53-36(47)25-52-24-35(45)46)28-15-11-26(12-16-28)38-40-30-22-33(51-3)31(23-32(30)50-2)41-39-27-13-17-29(18-14-27)43(48)49/h11-18,22-23H,4-10,19-21,24-25H2,1-3H3,(H,37,44)(H,45,46). The second-order valence-corrected chi connectivity index (χ2v) is 11.4.